The number of fused-ring (bicyclic) bond motifs is 1. The third-order valence-corrected chi connectivity index (χ3v) is 4.02. The lowest BCUT2D eigenvalue weighted by atomic mass is 10.1. The number of para-hydroxylation sites is 1. The zero-order valence-corrected chi connectivity index (χ0v) is 11.7. The predicted octanol–water partition coefficient (Wildman–Crippen LogP) is 2.40. The van der Waals surface area contributed by atoms with Crippen LogP contribution in [-0.2, 0) is 7.05 Å². The van der Waals surface area contributed by atoms with E-state index in [4.69, 9.17) is 11.1 Å². The highest BCUT2D eigenvalue weighted by atomic mass is 32.2. The highest BCUT2D eigenvalue weighted by molar-refractivity contribution is 7.99. The fourth-order valence-corrected chi connectivity index (χ4v) is 2.82. The van der Waals surface area contributed by atoms with Crippen molar-refractivity contribution in [2.45, 2.75) is 10.2 Å². The minimum Gasteiger partial charge on any atom is -0.384 e. The number of nitrogen functional groups attached to an aromatic ring is 1. The summed E-state index contributed by atoms with van der Waals surface area (Å²) in [6, 6.07) is 9.69. The summed E-state index contributed by atoms with van der Waals surface area (Å²) in [6.07, 6.45) is 3.60. The van der Waals surface area contributed by atoms with Gasteiger partial charge in [-0.25, -0.2) is 9.97 Å². The Kier molecular flexibility index (Phi) is 3.15. The van der Waals surface area contributed by atoms with Crippen LogP contribution in [0.4, 0.5) is 0 Å². The first-order valence-electron chi connectivity index (χ1n) is 6.04. The molecule has 3 N–H and O–H groups in total. The number of aromatic nitrogens is 3. The van der Waals surface area contributed by atoms with E-state index in [1.165, 1.54) is 11.8 Å². The number of benzene rings is 1. The molecule has 0 aliphatic rings. The largest absolute Gasteiger partial charge is 0.384 e. The molecule has 0 atom stereocenters. The molecule has 0 radical (unpaired) electrons. The van der Waals surface area contributed by atoms with Crippen LogP contribution in [0, 0.1) is 5.41 Å². The second-order valence-electron chi connectivity index (χ2n) is 4.37. The summed E-state index contributed by atoms with van der Waals surface area (Å²) >= 11 is 1.41. The molecule has 0 unspecified atom stereocenters. The standard InChI is InChI=1S/C14H13N5S/c1-19-7-6-17-14(19)20-13-10(12(15)16)8-9-4-2-3-5-11(9)18-13/h2-8H,1H3,(H3,15,16). The molecular weight excluding hydrogens is 270 g/mol. The molecule has 2 heterocycles. The van der Waals surface area contributed by atoms with Crippen LogP contribution in [0.15, 0.2) is 52.9 Å². The second kappa shape index (κ2) is 4.97. The van der Waals surface area contributed by atoms with Crippen LogP contribution in [0.2, 0.25) is 0 Å². The molecule has 1 aromatic carbocycles. The van der Waals surface area contributed by atoms with Crippen molar-refractivity contribution in [1.82, 2.24) is 14.5 Å². The van der Waals surface area contributed by atoms with Crippen LogP contribution < -0.4 is 5.73 Å². The molecular formula is C14H13N5S. The van der Waals surface area contributed by atoms with E-state index in [-0.39, 0.29) is 5.84 Å². The number of hydrogen-bond donors (Lipinski definition) is 2. The maximum Gasteiger partial charge on any atom is 0.174 e. The highest BCUT2D eigenvalue weighted by Gasteiger charge is 2.13. The summed E-state index contributed by atoms with van der Waals surface area (Å²) in [6.45, 7) is 0. The molecule has 6 heteroatoms. The highest BCUT2D eigenvalue weighted by Crippen LogP contribution is 2.29. The Labute approximate surface area is 120 Å². The number of imidazole rings is 1. The van der Waals surface area contributed by atoms with Crippen molar-refractivity contribution in [3.8, 4) is 0 Å². The Morgan fingerprint density at radius 1 is 1.35 bits per heavy atom. The number of pyridine rings is 1. The van der Waals surface area contributed by atoms with E-state index in [2.05, 4.69) is 9.97 Å². The normalized spacial score (nSPS) is 10.8. The summed E-state index contributed by atoms with van der Waals surface area (Å²) in [7, 11) is 1.92. The quantitative estimate of drug-likeness (QED) is 0.571. The van der Waals surface area contributed by atoms with Gasteiger partial charge in [0.2, 0.25) is 0 Å². The number of hydrogen-bond acceptors (Lipinski definition) is 4. The lowest BCUT2D eigenvalue weighted by Crippen LogP contribution is -2.13. The van der Waals surface area contributed by atoms with Crippen LogP contribution in [0.1, 0.15) is 5.56 Å². The van der Waals surface area contributed by atoms with Crippen molar-refractivity contribution >= 4 is 28.5 Å². The van der Waals surface area contributed by atoms with Gasteiger partial charge in [-0.05, 0) is 23.9 Å². The van der Waals surface area contributed by atoms with Crippen LogP contribution in [0.3, 0.4) is 0 Å². The van der Waals surface area contributed by atoms with Gasteiger partial charge in [0, 0.05) is 30.4 Å². The van der Waals surface area contributed by atoms with Gasteiger partial charge in [0.25, 0.3) is 0 Å². The number of nitrogens with one attached hydrogen (secondary N) is 1. The zero-order valence-electron chi connectivity index (χ0n) is 10.9. The fraction of sp³-hybridized carbons (Fsp3) is 0.0714. The van der Waals surface area contributed by atoms with Gasteiger partial charge in [0.15, 0.2) is 5.16 Å². The first-order chi connectivity index (χ1) is 9.65. The van der Waals surface area contributed by atoms with E-state index < -0.39 is 0 Å². The number of rotatable bonds is 3. The van der Waals surface area contributed by atoms with E-state index in [9.17, 15) is 0 Å². The summed E-state index contributed by atoms with van der Waals surface area (Å²) in [4.78, 5) is 8.87. The van der Waals surface area contributed by atoms with Crippen molar-refractivity contribution in [3.05, 3.63) is 48.3 Å². The molecule has 5 nitrogen and oxygen atoms in total. The van der Waals surface area contributed by atoms with E-state index in [0.717, 1.165) is 16.1 Å². The minimum absolute atomic E-state index is 0.0139. The maximum atomic E-state index is 7.73. The number of nitrogens with two attached hydrogens (primary N) is 1. The molecule has 0 saturated carbocycles. The zero-order chi connectivity index (χ0) is 14.1. The Hall–Kier alpha value is -2.34. The third-order valence-electron chi connectivity index (χ3n) is 2.94. The molecule has 3 aromatic rings. The number of nitrogens with zero attached hydrogens (tertiary/aromatic N) is 3. The van der Waals surface area contributed by atoms with Gasteiger partial charge >= 0.3 is 0 Å². The molecule has 0 amide bonds. The Bertz CT molecular complexity index is 793. The van der Waals surface area contributed by atoms with Crippen LogP contribution >= 0.6 is 11.8 Å². The van der Waals surface area contributed by atoms with Gasteiger partial charge in [-0.15, -0.1) is 0 Å². The van der Waals surface area contributed by atoms with Gasteiger partial charge in [-0.3, -0.25) is 5.41 Å². The average molecular weight is 283 g/mol. The van der Waals surface area contributed by atoms with Crippen molar-refractivity contribution in [3.63, 3.8) is 0 Å². The monoisotopic (exact) mass is 283 g/mol. The van der Waals surface area contributed by atoms with Crippen molar-refractivity contribution in [2.24, 2.45) is 12.8 Å². The minimum atomic E-state index is 0.0139. The van der Waals surface area contributed by atoms with E-state index >= 15 is 0 Å². The summed E-state index contributed by atoms with van der Waals surface area (Å²) in [5.41, 5.74) is 7.19. The average Bonchev–Trinajstić information content (AvgIpc) is 2.83. The van der Waals surface area contributed by atoms with Gasteiger partial charge in [-0.1, -0.05) is 18.2 Å². The van der Waals surface area contributed by atoms with Gasteiger partial charge in [0.1, 0.15) is 10.9 Å². The molecule has 2 aromatic heterocycles. The van der Waals surface area contributed by atoms with Crippen LogP contribution in [0.25, 0.3) is 10.9 Å². The number of aryl methyl sites for hydroxylation is 1. The van der Waals surface area contributed by atoms with E-state index in [0.29, 0.717) is 10.6 Å². The summed E-state index contributed by atoms with van der Waals surface area (Å²) in [5.74, 6) is 0.0139. The molecule has 0 aliphatic carbocycles. The van der Waals surface area contributed by atoms with Gasteiger partial charge in [0.05, 0.1) is 5.52 Å². The third kappa shape index (κ3) is 2.25. The maximum absolute atomic E-state index is 7.73. The number of amidine groups is 1. The van der Waals surface area contributed by atoms with Gasteiger partial charge < -0.3 is 10.3 Å². The molecule has 20 heavy (non-hydrogen) atoms. The molecule has 0 saturated heterocycles. The Balaban J connectivity index is 2.14. The van der Waals surface area contributed by atoms with E-state index in [1.54, 1.807) is 6.20 Å². The lowest BCUT2D eigenvalue weighted by molar-refractivity contribution is 0.789. The molecule has 0 aliphatic heterocycles. The first-order valence-corrected chi connectivity index (χ1v) is 6.86. The van der Waals surface area contributed by atoms with Crippen molar-refractivity contribution in [2.75, 3.05) is 0 Å². The molecule has 0 spiro atoms. The SMILES string of the molecule is Cn1ccnc1Sc1nc2ccccc2cc1C(=N)N. The van der Waals surface area contributed by atoms with Gasteiger partial charge in [-0.2, -0.15) is 0 Å². The molecule has 3 rings (SSSR count). The lowest BCUT2D eigenvalue weighted by Gasteiger charge is -2.08. The van der Waals surface area contributed by atoms with Crippen molar-refractivity contribution in [1.29, 1.82) is 5.41 Å². The Morgan fingerprint density at radius 3 is 2.85 bits per heavy atom. The van der Waals surface area contributed by atoms with Crippen molar-refractivity contribution < 1.29 is 0 Å². The van der Waals surface area contributed by atoms with E-state index in [1.807, 2.05) is 48.1 Å². The van der Waals surface area contributed by atoms with Crippen LogP contribution in [-0.4, -0.2) is 20.4 Å². The molecule has 0 bridgehead atoms. The first kappa shape index (κ1) is 12.7. The molecule has 0 fully saturated rings. The topological polar surface area (TPSA) is 80.6 Å². The predicted molar refractivity (Wildman–Crippen MR) is 80.1 cm³/mol. The van der Waals surface area contributed by atoms with Crippen LogP contribution in [0.5, 0.6) is 0 Å². The second-order valence-corrected chi connectivity index (χ2v) is 5.33. The smallest absolute Gasteiger partial charge is 0.174 e. The summed E-state index contributed by atoms with van der Waals surface area (Å²) < 4.78 is 1.91. The fourth-order valence-electron chi connectivity index (χ4n) is 1.91. The molecule has 100 valence electrons. The summed E-state index contributed by atoms with van der Waals surface area (Å²) in [5, 5.41) is 10.2. The Morgan fingerprint density at radius 2 is 2.15 bits per heavy atom.